The zero-order chi connectivity index (χ0) is 29.2. The Morgan fingerprint density at radius 1 is 0.705 bits per heavy atom. The molecule has 0 atom stereocenters. The second-order valence-electron chi connectivity index (χ2n) is 10.4. The van der Waals surface area contributed by atoms with Crippen molar-refractivity contribution in [3.8, 4) is 34.3 Å². The quantitative estimate of drug-likeness (QED) is 0.198. The Morgan fingerprint density at radius 2 is 1.30 bits per heavy atom. The first-order valence-corrected chi connectivity index (χ1v) is 15.4. The van der Waals surface area contributed by atoms with Gasteiger partial charge in [0.2, 0.25) is 0 Å². The first-order chi connectivity index (χ1) is 21.8. The molecule has 44 heavy (non-hydrogen) atoms. The average Bonchev–Trinajstić information content (AvgIpc) is 3.78. The third-order valence-electron chi connectivity index (χ3n) is 7.91. The van der Waals surface area contributed by atoms with Crippen LogP contribution in [0.15, 0.2) is 96.4 Å². The van der Waals surface area contributed by atoms with Crippen LogP contribution in [0, 0.1) is 11.3 Å². The maximum Gasteiger partial charge on any atom is 0.151 e. The maximum absolute atomic E-state index is 9.39. The fourth-order valence-electron chi connectivity index (χ4n) is 5.84. The van der Waals surface area contributed by atoms with Gasteiger partial charge in [-0.2, -0.15) is 22.8 Å². The van der Waals surface area contributed by atoms with Gasteiger partial charge in [0.05, 0.1) is 57.9 Å². The summed E-state index contributed by atoms with van der Waals surface area (Å²) in [6, 6.07) is 26.0. The smallest absolute Gasteiger partial charge is 0.151 e. The van der Waals surface area contributed by atoms with Gasteiger partial charge in [0.1, 0.15) is 38.9 Å². The van der Waals surface area contributed by atoms with Crippen molar-refractivity contribution >= 4 is 67.9 Å². The van der Waals surface area contributed by atoms with Crippen LogP contribution in [-0.2, 0) is 0 Å². The Morgan fingerprint density at radius 3 is 1.93 bits per heavy atom. The van der Waals surface area contributed by atoms with Crippen LogP contribution in [0.5, 0.6) is 5.75 Å². The first kappa shape index (κ1) is 25.0. The van der Waals surface area contributed by atoms with Gasteiger partial charge >= 0.3 is 0 Å². The Labute approximate surface area is 258 Å². The van der Waals surface area contributed by atoms with Gasteiger partial charge in [-0.25, -0.2) is 9.97 Å². The minimum absolute atomic E-state index is 0.575. The van der Waals surface area contributed by atoms with Crippen LogP contribution in [0.25, 0.3) is 55.6 Å². The fourth-order valence-corrected chi connectivity index (χ4v) is 6.94. The molecule has 0 saturated heterocycles. The van der Waals surface area contributed by atoms with Crippen molar-refractivity contribution in [1.82, 2.24) is 27.5 Å². The molecule has 1 aliphatic carbocycles. The van der Waals surface area contributed by atoms with Crippen LogP contribution in [-0.4, -0.2) is 27.5 Å². The van der Waals surface area contributed by atoms with E-state index in [-0.39, 0.29) is 0 Å². The second-order valence-corrected chi connectivity index (χ2v) is 11.5. The topological polar surface area (TPSA) is 114 Å². The molecular weight excluding hydrogens is 589 g/mol. The van der Waals surface area contributed by atoms with Crippen LogP contribution in [0.4, 0.5) is 11.4 Å². The number of aromatic nitrogens is 6. The number of benzene rings is 4. The Kier molecular flexibility index (Phi) is 5.53. The molecule has 7 aromatic rings. The van der Waals surface area contributed by atoms with Gasteiger partial charge in [-0.3, -0.25) is 0 Å². The SMILES string of the molecule is N#Cc1ccc(-c2nc3c4nsnc4c4nsnc4c3nc2-c2ccc(N3C4=C(CCC=C4)Oc4ccccc43)cc2)cc1. The minimum atomic E-state index is 0.575. The van der Waals surface area contributed by atoms with Gasteiger partial charge in [-0.1, -0.05) is 42.5 Å². The Balaban J connectivity index is 1.25. The van der Waals surface area contributed by atoms with Gasteiger partial charge in [-0.15, -0.1) is 0 Å². The van der Waals surface area contributed by atoms with E-state index in [1.165, 1.54) is 0 Å². The number of anilines is 2. The van der Waals surface area contributed by atoms with Crippen LogP contribution < -0.4 is 9.64 Å². The molecule has 0 spiro atoms. The van der Waals surface area contributed by atoms with Gasteiger partial charge in [0.25, 0.3) is 0 Å². The Bertz CT molecular complexity index is 2380. The first-order valence-electron chi connectivity index (χ1n) is 13.9. The summed E-state index contributed by atoms with van der Waals surface area (Å²) in [5, 5.41) is 9.39. The summed E-state index contributed by atoms with van der Waals surface area (Å²) in [5.74, 6) is 1.82. The molecule has 9 nitrogen and oxygen atoms in total. The summed E-state index contributed by atoms with van der Waals surface area (Å²) < 4.78 is 24.4. The van der Waals surface area contributed by atoms with E-state index in [9.17, 15) is 5.26 Å². The lowest BCUT2D eigenvalue weighted by Gasteiger charge is -2.35. The van der Waals surface area contributed by atoms with E-state index in [4.69, 9.17) is 14.7 Å². The summed E-state index contributed by atoms with van der Waals surface area (Å²) in [6.45, 7) is 0. The predicted octanol–water partition coefficient (Wildman–Crippen LogP) is 7.94. The second kappa shape index (κ2) is 9.74. The molecule has 0 fully saturated rings. The molecule has 4 aromatic carbocycles. The molecular formula is C33H18N8OS2. The summed E-state index contributed by atoms with van der Waals surface area (Å²) in [4.78, 5) is 12.6. The average molecular weight is 607 g/mol. The molecule has 0 amide bonds. The summed E-state index contributed by atoms with van der Waals surface area (Å²) in [7, 11) is 0. The van der Waals surface area contributed by atoms with E-state index in [2.05, 4.69) is 70.9 Å². The molecule has 0 N–H and O–H groups in total. The highest BCUT2D eigenvalue weighted by atomic mass is 32.1. The Hall–Kier alpha value is -5.57. The lowest BCUT2D eigenvalue weighted by molar-refractivity contribution is 0.388. The number of hydrogen-bond donors (Lipinski definition) is 0. The monoisotopic (exact) mass is 606 g/mol. The number of nitriles is 1. The molecule has 11 heteroatoms. The molecule has 0 saturated carbocycles. The normalized spacial score (nSPS) is 14.1. The number of hydrogen-bond acceptors (Lipinski definition) is 11. The molecule has 3 aromatic heterocycles. The highest BCUT2D eigenvalue weighted by molar-refractivity contribution is 7.01. The van der Waals surface area contributed by atoms with Crippen molar-refractivity contribution in [3.63, 3.8) is 0 Å². The largest absolute Gasteiger partial charge is 0.457 e. The van der Waals surface area contributed by atoms with Crippen LogP contribution in [0.3, 0.4) is 0 Å². The molecule has 4 heterocycles. The van der Waals surface area contributed by atoms with E-state index >= 15 is 0 Å². The fraction of sp³-hybridized carbons (Fsp3) is 0.0606. The number of nitrogens with zero attached hydrogens (tertiary/aromatic N) is 8. The molecule has 2 aliphatic rings. The van der Waals surface area contributed by atoms with Gasteiger partial charge in [-0.05, 0) is 48.9 Å². The zero-order valence-corrected chi connectivity index (χ0v) is 24.4. The lowest BCUT2D eigenvalue weighted by Crippen LogP contribution is -2.24. The van der Waals surface area contributed by atoms with Gasteiger partial charge in [0.15, 0.2) is 5.75 Å². The van der Waals surface area contributed by atoms with Crippen molar-refractivity contribution in [2.24, 2.45) is 0 Å². The number of ether oxygens (including phenoxy) is 1. The van der Waals surface area contributed by atoms with E-state index in [0.29, 0.717) is 50.1 Å². The summed E-state index contributed by atoms with van der Waals surface area (Å²) in [5.41, 5.74) is 10.7. The van der Waals surface area contributed by atoms with E-state index in [1.807, 2.05) is 30.3 Å². The number of rotatable bonds is 3. The van der Waals surface area contributed by atoms with Crippen molar-refractivity contribution in [3.05, 3.63) is 102 Å². The standard InChI is InChI=1S/C33H18N8OS2/c34-17-18-9-11-19(12-10-18)26-27(36-29-28(35-26)30-32(39-43-37-30)33-31(29)38-44-40-33)20-13-15-21(16-14-20)41-22-5-1-3-7-24(22)42-25-8-4-2-6-23(25)41/h1-3,5-7,9-16H,4,8H2. The van der Waals surface area contributed by atoms with Gasteiger partial charge < -0.3 is 9.64 Å². The number of allylic oxidation sites excluding steroid dienone is 3. The van der Waals surface area contributed by atoms with Crippen molar-refractivity contribution in [2.75, 3.05) is 4.90 Å². The number of para-hydroxylation sites is 2. The summed E-state index contributed by atoms with van der Waals surface area (Å²) in [6.07, 6.45) is 6.14. The molecule has 0 radical (unpaired) electrons. The molecule has 0 bridgehead atoms. The van der Waals surface area contributed by atoms with Crippen LogP contribution in [0.2, 0.25) is 0 Å². The number of fused-ring (bicyclic) bond motifs is 7. The van der Waals surface area contributed by atoms with Gasteiger partial charge in [0, 0.05) is 23.2 Å². The minimum Gasteiger partial charge on any atom is -0.457 e. The zero-order valence-electron chi connectivity index (χ0n) is 22.8. The molecule has 208 valence electrons. The highest BCUT2D eigenvalue weighted by Crippen LogP contribution is 2.45. The molecule has 0 unspecified atom stereocenters. The summed E-state index contributed by atoms with van der Waals surface area (Å²) >= 11 is 2.25. The molecule has 1 aliphatic heterocycles. The third kappa shape index (κ3) is 3.75. The van der Waals surface area contributed by atoms with E-state index in [1.54, 1.807) is 12.1 Å². The maximum atomic E-state index is 9.39. The van der Waals surface area contributed by atoms with Crippen molar-refractivity contribution in [1.29, 1.82) is 5.26 Å². The van der Waals surface area contributed by atoms with Crippen molar-refractivity contribution < 1.29 is 4.74 Å². The third-order valence-corrected chi connectivity index (χ3v) is 8.97. The lowest BCUT2D eigenvalue weighted by atomic mass is 10.0. The van der Waals surface area contributed by atoms with Crippen molar-refractivity contribution in [2.45, 2.75) is 12.8 Å². The highest BCUT2D eigenvalue weighted by Gasteiger charge is 2.28. The molecule has 9 rings (SSSR count). The predicted molar refractivity (Wildman–Crippen MR) is 172 cm³/mol. The van der Waals surface area contributed by atoms with E-state index < -0.39 is 0 Å². The van der Waals surface area contributed by atoms with Crippen LogP contribution >= 0.6 is 23.5 Å². The van der Waals surface area contributed by atoms with Crippen LogP contribution in [0.1, 0.15) is 18.4 Å². The van der Waals surface area contributed by atoms with E-state index in [0.717, 1.165) is 76.0 Å².